The van der Waals surface area contributed by atoms with Crippen molar-refractivity contribution in [1.82, 2.24) is 15.0 Å². The molecule has 0 radical (unpaired) electrons. The average molecular weight is 384 g/mol. The van der Waals surface area contributed by atoms with Crippen molar-refractivity contribution < 1.29 is 9.59 Å². The van der Waals surface area contributed by atoms with Crippen molar-refractivity contribution in [3.8, 4) is 0 Å². The lowest BCUT2D eigenvalue weighted by atomic mass is 10.1. The third kappa shape index (κ3) is 4.06. The van der Waals surface area contributed by atoms with Crippen molar-refractivity contribution >= 4 is 28.4 Å². The van der Waals surface area contributed by atoms with Gasteiger partial charge in [0.25, 0.3) is 5.91 Å². The summed E-state index contributed by atoms with van der Waals surface area (Å²) in [4.78, 5) is 24.1. The Balaban J connectivity index is 1.54. The van der Waals surface area contributed by atoms with E-state index in [1.807, 2.05) is 10.7 Å². The van der Waals surface area contributed by atoms with E-state index in [0.29, 0.717) is 28.9 Å². The molecule has 6 heteroatoms. The van der Waals surface area contributed by atoms with Crippen LogP contribution in [-0.4, -0.2) is 26.7 Å². The molecule has 0 atom stereocenters. The normalized spacial score (nSPS) is 10.8. The number of hydrogen-bond acceptors (Lipinski definition) is 4. The molecule has 0 spiro atoms. The zero-order valence-electron chi connectivity index (χ0n) is 16.2. The van der Waals surface area contributed by atoms with Crippen LogP contribution in [0.25, 0.3) is 11.0 Å². The van der Waals surface area contributed by atoms with Gasteiger partial charge in [0, 0.05) is 16.8 Å². The summed E-state index contributed by atoms with van der Waals surface area (Å²) in [6, 6.07) is 20.5. The van der Waals surface area contributed by atoms with Gasteiger partial charge in [0.05, 0.1) is 12.1 Å². The van der Waals surface area contributed by atoms with Crippen LogP contribution < -0.4 is 5.32 Å². The lowest BCUT2D eigenvalue weighted by Gasteiger charge is -2.07. The Hall–Kier alpha value is -3.80. The quantitative estimate of drug-likeness (QED) is 0.522. The molecule has 4 aromatic rings. The third-order valence-corrected chi connectivity index (χ3v) is 4.76. The number of anilines is 1. The molecule has 0 unspecified atom stereocenters. The summed E-state index contributed by atoms with van der Waals surface area (Å²) in [5, 5.41) is 11.3. The molecule has 0 fully saturated rings. The number of rotatable bonds is 5. The van der Waals surface area contributed by atoms with Crippen LogP contribution in [0.4, 0.5) is 5.69 Å². The lowest BCUT2D eigenvalue weighted by Crippen LogP contribution is -2.12. The van der Waals surface area contributed by atoms with E-state index in [1.165, 1.54) is 12.5 Å². The molecule has 1 heterocycles. The molecular formula is C23H20N4O2. The molecular weight excluding hydrogens is 364 g/mol. The predicted octanol–water partition coefficient (Wildman–Crippen LogP) is 4.24. The molecule has 1 N–H and O–H groups in total. The summed E-state index contributed by atoms with van der Waals surface area (Å²) in [6.07, 6.45) is 0. The zero-order valence-corrected chi connectivity index (χ0v) is 16.2. The highest BCUT2D eigenvalue weighted by Gasteiger charge is 2.12. The Morgan fingerprint density at radius 2 is 1.76 bits per heavy atom. The van der Waals surface area contributed by atoms with E-state index >= 15 is 0 Å². The average Bonchev–Trinajstić information content (AvgIpc) is 3.12. The number of nitrogens with zero attached hydrogens (tertiary/aromatic N) is 3. The van der Waals surface area contributed by atoms with Crippen LogP contribution in [0.2, 0.25) is 0 Å². The van der Waals surface area contributed by atoms with E-state index in [4.69, 9.17) is 0 Å². The van der Waals surface area contributed by atoms with Gasteiger partial charge in [-0.2, -0.15) is 0 Å². The Morgan fingerprint density at radius 3 is 2.52 bits per heavy atom. The molecule has 3 aromatic carbocycles. The van der Waals surface area contributed by atoms with E-state index in [2.05, 4.69) is 46.8 Å². The molecule has 0 aliphatic carbocycles. The highest BCUT2D eigenvalue weighted by molar-refractivity contribution is 6.06. The van der Waals surface area contributed by atoms with Crippen molar-refractivity contribution in [3.63, 3.8) is 0 Å². The fraction of sp³-hybridized carbons (Fsp3) is 0.130. The number of hydrogen-bond donors (Lipinski definition) is 1. The van der Waals surface area contributed by atoms with Gasteiger partial charge in [-0.3, -0.25) is 9.59 Å². The van der Waals surface area contributed by atoms with Gasteiger partial charge in [-0.1, -0.05) is 47.2 Å². The predicted molar refractivity (Wildman–Crippen MR) is 112 cm³/mol. The fourth-order valence-corrected chi connectivity index (χ4v) is 3.12. The summed E-state index contributed by atoms with van der Waals surface area (Å²) >= 11 is 0. The van der Waals surface area contributed by atoms with Crippen LogP contribution in [0.5, 0.6) is 0 Å². The molecule has 0 bridgehead atoms. The van der Waals surface area contributed by atoms with Crippen LogP contribution in [0, 0.1) is 6.92 Å². The number of nitrogens with one attached hydrogen (secondary N) is 1. The first kappa shape index (κ1) is 18.6. The van der Waals surface area contributed by atoms with E-state index in [0.717, 1.165) is 11.1 Å². The highest BCUT2D eigenvalue weighted by atomic mass is 16.1. The second-order valence-corrected chi connectivity index (χ2v) is 7.03. The Kier molecular flexibility index (Phi) is 4.91. The second-order valence-electron chi connectivity index (χ2n) is 7.03. The zero-order chi connectivity index (χ0) is 20.4. The van der Waals surface area contributed by atoms with Crippen molar-refractivity contribution in [2.45, 2.75) is 20.4 Å². The van der Waals surface area contributed by atoms with Gasteiger partial charge in [-0.25, -0.2) is 4.68 Å². The van der Waals surface area contributed by atoms with Crippen LogP contribution in [-0.2, 0) is 6.54 Å². The number of Topliss-reactive ketones (excluding diaryl/α,β-unsaturated/α-hetero) is 1. The summed E-state index contributed by atoms with van der Waals surface area (Å²) in [5.74, 6) is -0.312. The minimum absolute atomic E-state index is 0.0484. The van der Waals surface area contributed by atoms with Crippen molar-refractivity contribution in [1.29, 1.82) is 0 Å². The number of carbonyl (C=O) groups excluding carboxylic acids is 2. The van der Waals surface area contributed by atoms with Crippen LogP contribution in [0.3, 0.4) is 0 Å². The Labute approximate surface area is 168 Å². The van der Waals surface area contributed by atoms with Gasteiger partial charge >= 0.3 is 0 Å². The van der Waals surface area contributed by atoms with Gasteiger partial charge in [0.2, 0.25) is 0 Å². The molecule has 29 heavy (non-hydrogen) atoms. The molecule has 0 saturated carbocycles. The molecule has 1 aromatic heterocycles. The van der Waals surface area contributed by atoms with E-state index in [-0.39, 0.29) is 11.7 Å². The van der Waals surface area contributed by atoms with Gasteiger partial charge in [0.15, 0.2) is 5.78 Å². The standard InChI is InChI=1S/C23H20N4O2/c1-15-6-8-17(9-7-15)14-27-22-11-10-19(13-21(22)25-26-27)23(29)24-20-5-3-4-18(12-20)16(2)28/h3-13H,14H2,1-2H3,(H,24,29). The number of aromatic nitrogens is 3. The number of aryl methyl sites for hydroxylation is 1. The number of ketones is 1. The van der Waals surface area contributed by atoms with E-state index in [9.17, 15) is 9.59 Å². The molecule has 144 valence electrons. The Morgan fingerprint density at radius 1 is 0.966 bits per heavy atom. The minimum atomic E-state index is -0.263. The van der Waals surface area contributed by atoms with Crippen molar-refractivity contribution in [2.24, 2.45) is 0 Å². The van der Waals surface area contributed by atoms with Crippen molar-refractivity contribution in [3.05, 3.63) is 89.0 Å². The topological polar surface area (TPSA) is 76.9 Å². The number of carbonyl (C=O) groups is 2. The fourth-order valence-electron chi connectivity index (χ4n) is 3.12. The first-order chi connectivity index (χ1) is 14.0. The lowest BCUT2D eigenvalue weighted by molar-refractivity contribution is 0.101. The number of fused-ring (bicyclic) bond motifs is 1. The largest absolute Gasteiger partial charge is 0.322 e. The molecule has 0 aliphatic heterocycles. The molecule has 1 amide bonds. The van der Waals surface area contributed by atoms with Crippen LogP contribution in [0.15, 0.2) is 66.7 Å². The van der Waals surface area contributed by atoms with E-state index in [1.54, 1.807) is 36.4 Å². The monoisotopic (exact) mass is 384 g/mol. The minimum Gasteiger partial charge on any atom is -0.322 e. The maximum atomic E-state index is 12.6. The molecule has 4 rings (SSSR count). The number of benzene rings is 3. The molecule has 0 saturated heterocycles. The van der Waals surface area contributed by atoms with Gasteiger partial charge < -0.3 is 5.32 Å². The SMILES string of the molecule is CC(=O)c1cccc(NC(=O)c2ccc3c(c2)nnn3Cc2ccc(C)cc2)c1. The second kappa shape index (κ2) is 7.67. The summed E-state index contributed by atoms with van der Waals surface area (Å²) < 4.78 is 1.82. The number of amides is 1. The van der Waals surface area contributed by atoms with Gasteiger partial charge in [-0.15, -0.1) is 5.10 Å². The summed E-state index contributed by atoms with van der Waals surface area (Å²) in [6.45, 7) is 4.16. The molecule has 6 nitrogen and oxygen atoms in total. The third-order valence-electron chi connectivity index (χ3n) is 4.76. The first-order valence-electron chi connectivity index (χ1n) is 9.31. The molecule has 0 aliphatic rings. The van der Waals surface area contributed by atoms with E-state index < -0.39 is 0 Å². The van der Waals surface area contributed by atoms with Gasteiger partial charge in [0.1, 0.15) is 5.52 Å². The summed E-state index contributed by atoms with van der Waals surface area (Å²) in [7, 11) is 0. The highest BCUT2D eigenvalue weighted by Crippen LogP contribution is 2.18. The van der Waals surface area contributed by atoms with Crippen molar-refractivity contribution in [2.75, 3.05) is 5.32 Å². The van der Waals surface area contributed by atoms with Crippen LogP contribution >= 0.6 is 0 Å². The summed E-state index contributed by atoms with van der Waals surface area (Å²) in [5.41, 5.74) is 5.47. The van der Waals surface area contributed by atoms with Crippen LogP contribution in [0.1, 0.15) is 38.8 Å². The maximum Gasteiger partial charge on any atom is 0.255 e. The Bertz CT molecular complexity index is 1210. The maximum absolute atomic E-state index is 12.6. The first-order valence-corrected chi connectivity index (χ1v) is 9.31. The van der Waals surface area contributed by atoms with Gasteiger partial charge in [-0.05, 0) is 49.7 Å². The smallest absolute Gasteiger partial charge is 0.255 e.